The number of benzene rings is 4. The number of anilines is 1. The Balaban J connectivity index is 1.08. The van der Waals surface area contributed by atoms with E-state index in [4.69, 9.17) is 23.2 Å². The van der Waals surface area contributed by atoms with E-state index in [0.717, 1.165) is 66.9 Å². The molecule has 4 aromatic carbocycles. The molecule has 1 amide bonds. The van der Waals surface area contributed by atoms with Gasteiger partial charge in [-0.05, 0) is 72.1 Å². The number of amides is 1. The minimum Gasteiger partial charge on any atom is -0.370 e. The molecule has 0 saturated carbocycles. The van der Waals surface area contributed by atoms with E-state index in [9.17, 15) is 13.2 Å². The van der Waals surface area contributed by atoms with Crippen LogP contribution in [-0.4, -0.2) is 51.2 Å². The van der Waals surface area contributed by atoms with Gasteiger partial charge in [0.05, 0.1) is 33.9 Å². The van der Waals surface area contributed by atoms with Gasteiger partial charge in [0, 0.05) is 37.3 Å². The van der Waals surface area contributed by atoms with Crippen molar-refractivity contribution in [3.8, 4) is 11.1 Å². The first-order valence-corrected chi connectivity index (χ1v) is 18.9. The highest BCUT2D eigenvalue weighted by atomic mass is 35.5. The topological polar surface area (TPSA) is 82.1 Å². The van der Waals surface area contributed by atoms with Crippen molar-refractivity contribution in [2.24, 2.45) is 10.9 Å². The maximum atomic E-state index is 14.3. The van der Waals surface area contributed by atoms with Gasteiger partial charge < -0.3 is 10.2 Å². The van der Waals surface area contributed by atoms with Gasteiger partial charge in [-0.2, -0.15) is 0 Å². The van der Waals surface area contributed by atoms with E-state index in [2.05, 4.69) is 34.6 Å². The van der Waals surface area contributed by atoms with Gasteiger partial charge in [0.25, 0.3) is 0 Å². The number of halogens is 2. The molecular weight excluding hydrogens is 663 g/mol. The summed E-state index contributed by atoms with van der Waals surface area (Å²) in [5, 5.41) is 4.05. The number of nitrogens with one attached hydrogen (secondary N) is 1. The second kappa shape index (κ2) is 13.9. The number of hydrogen-bond donors (Lipinski definition) is 1. The van der Waals surface area contributed by atoms with Gasteiger partial charge >= 0.3 is 0 Å². The number of carbonyl (C=O) groups is 1. The van der Waals surface area contributed by atoms with Crippen molar-refractivity contribution in [3.05, 3.63) is 123 Å². The number of sulfonamides is 1. The van der Waals surface area contributed by atoms with Crippen molar-refractivity contribution >= 4 is 50.7 Å². The van der Waals surface area contributed by atoms with Crippen molar-refractivity contribution in [3.63, 3.8) is 0 Å². The lowest BCUT2D eigenvalue weighted by Gasteiger charge is -2.40. The van der Waals surface area contributed by atoms with E-state index in [1.54, 1.807) is 18.2 Å². The highest BCUT2D eigenvalue weighted by molar-refractivity contribution is 7.92. The number of rotatable bonds is 8. The Bertz CT molecular complexity index is 1960. The van der Waals surface area contributed by atoms with Crippen LogP contribution in [0.1, 0.15) is 54.0 Å². The molecule has 1 saturated heterocycles. The van der Waals surface area contributed by atoms with E-state index < -0.39 is 16.1 Å². The zero-order valence-electron chi connectivity index (χ0n) is 26.6. The monoisotopic (exact) mass is 700 g/mol. The molecule has 7 rings (SSSR count). The highest BCUT2D eigenvalue weighted by Crippen LogP contribution is 2.48. The Morgan fingerprint density at radius 2 is 1.56 bits per heavy atom. The molecule has 248 valence electrons. The molecule has 3 aliphatic heterocycles. The first kappa shape index (κ1) is 32.7. The van der Waals surface area contributed by atoms with Crippen molar-refractivity contribution in [1.29, 1.82) is 0 Å². The smallest absolute Gasteiger partial charge is 0.239 e. The lowest BCUT2D eigenvalue weighted by Crippen LogP contribution is -2.44. The van der Waals surface area contributed by atoms with Crippen molar-refractivity contribution < 1.29 is 13.2 Å². The third-order valence-electron chi connectivity index (χ3n) is 9.65. The Labute approximate surface area is 292 Å². The van der Waals surface area contributed by atoms with Crippen molar-refractivity contribution in [2.45, 2.75) is 43.9 Å². The van der Waals surface area contributed by atoms with E-state index >= 15 is 0 Å². The number of hydrogen-bond acceptors (Lipinski definition) is 5. The summed E-state index contributed by atoms with van der Waals surface area (Å²) in [6.07, 6.45) is 3.91. The summed E-state index contributed by atoms with van der Waals surface area (Å²) < 4.78 is 30.1. The van der Waals surface area contributed by atoms with E-state index in [1.165, 1.54) is 9.87 Å². The zero-order valence-corrected chi connectivity index (χ0v) is 28.9. The quantitative estimate of drug-likeness (QED) is 0.205. The van der Waals surface area contributed by atoms with Crippen LogP contribution in [0, 0.1) is 5.92 Å². The van der Waals surface area contributed by atoms with Gasteiger partial charge in [0.1, 0.15) is 5.84 Å². The molecule has 0 bridgehead atoms. The molecule has 48 heavy (non-hydrogen) atoms. The van der Waals surface area contributed by atoms with Gasteiger partial charge in [-0.15, -0.1) is 0 Å². The molecule has 3 aliphatic rings. The minimum absolute atomic E-state index is 0.0347. The number of likely N-dealkylation sites (tertiary alicyclic amines) is 1. The van der Waals surface area contributed by atoms with Crippen LogP contribution in [0.3, 0.4) is 0 Å². The van der Waals surface area contributed by atoms with Gasteiger partial charge in [-0.1, -0.05) is 96.0 Å². The molecule has 4 aromatic rings. The molecule has 0 radical (unpaired) electrons. The molecular formula is C38H38Cl2N4O3S. The van der Waals surface area contributed by atoms with Gasteiger partial charge in [0.2, 0.25) is 15.9 Å². The number of para-hydroxylation sites is 1. The summed E-state index contributed by atoms with van der Waals surface area (Å²) in [4.78, 5) is 20.5. The highest BCUT2D eigenvalue weighted by Gasteiger charge is 2.40. The van der Waals surface area contributed by atoms with Crippen molar-refractivity contribution in [2.75, 3.05) is 30.5 Å². The summed E-state index contributed by atoms with van der Waals surface area (Å²) in [5.74, 6) is 1.15. The second-order valence-electron chi connectivity index (χ2n) is 12.9. The lowest BCUT2D eigenvalue weighted by molar-refractivity contribution is -0.132. The average molecular weight is 702 g/mol. The molecule has 0 spiro atoms. The number of fused-ring (bicyclic) bond motifs is 3. The van der Waals surface area contributed by atoms with Crippen molar-refractivity contribution in [1.82, 2.24) is 10.2 Å². The van der Waals surface area contributed by atoms with Crippen LogP contribution in [0.15, 0.2) is 96.0 Å². The first-order valence-electron chi connectivity index (χ1n) is 16.6. The molecule has 1 fully saturated rings. The van der Waals surface area contributed by atoms with Gasteiger partial charge in [-0.25, -0.2) is 8.42 Å². The minimum atomic E-state index is -3.95. The predicted octanol–water partition coefficient (Wildman–Crippen LogP) is 7.66. The Morgan fingerprint density at radius 3 is 2.29 bits per heavy atom. The predicted molar refractivity (Wildman–Crippen MR) is 194 cm³/mol. The number of carbonyl (C=O) groups excluding carboxylic acids is 1. The van der Waals surface area contributed by atoms with Gasteiger partial charge in [0.15, 0.2) is 0 Å². The molecule has 1 atom stereocenters. The summed E-state index contributed by atoms with van der Waals surface area (Å²) in [5.41, 5.74) is 6.12. The molecule has 10 heteroatoms. The fraction of sp³-hybridized carbons (Fsp3) is 0.316. The molecule has 1 unspecified atom stereocenters. The Morgan fingerprint density at radius 1 is 0.854 bits per heavy atom. The summed E-state index contributed by atoms with van der Waals surface area (Å²) in [6, 6.07) is 28.2. The van der Waals surface area contributed by atoms with Crippen LogP contribution in [0.4, 0.5) is 5.69 Å². The zero-order chi connectivity index (χ0) is 33.3. The molecule has 0 aromatic heterocycles. The number of aliphatic imine (C=N–C) groups is 1. The molecule has 7 nitrogen and oxygen atoms in total. The third kappa shape index (κ3) is 6.84. The van der Waals surface area contributed by atoms with E-state index in [0.29, 0.717) is 40.3 Å². The first-order chi connectivity index (χ1) is 23.3. The van der Waals surface area contributed by atoms with Crippen LogP contribution in [-0.2, 0) is 27.0 Å². The maximum absolute atomic E-state index is 14.3. The molecule has 1 N–H and O–H groups in total. The molecule has 3 heterocycles. The lowest BCUT2D eigenvalue weighted by atomic mass is 9.87. The fourth-order valence-electron chi connectivity index (χ4n) is 7.21. The Kier molecular flexibility index (Phi) is 9.49. The van der Waals surface area contributed by atoms with E-state index in [1.807, 2.05) is 53.4 Å². The average Bonchev–Trinajstić information content (AvgIpc) is 3.11. The van der Waals surface area contributed by atoms with Gasteiger partial charge in [-0.3, -0.25) is 14.1 Å². The SMILES string of the molecule is O=C(CC1c2ccccc2-c2ccccc2N1S(=O)(=O)Cc1ccc(Cl)c(Cl)c1)N1CCC(Cc2ccc(C3=NCCCN3)cc2)CC1. The maximum Gasteiger partial charge on any atom is 0.239 e. The van der Waals surface area contributed by atoms with Crippen LogP contribution in [0.2, 0.25) is 10.0 Å². The number of nitrogens with zero attached hydrogens (tertiary/aromatic N) is 3. The number of piperidine rings is 1. The van der Waals surface area contributed by atoms with Crippen LogP contribution in [0.5, 0.6) is 0 Å². The second-order valence-corrected chi connectivity index (χ2v) is 15.5. The third-order valence-corrected chi connectivity index (χ3v) is 12.1. The van der Waals surface area contributed by atoms with Crippen LogP contribution in [0.25, 0.3) is 11.1 Å². The molecule has 0 aliphatic carbocycles. The van der Waals surface area contributed by atoms with Crippen LogP contribution >= 0.6 is 23.2 Å². The van der Waals surface area contributed by atoms with E-state index in [-0.39, 0.29) is 18.1 Å². The largest absolute Gasteiger partial charge is 0.370 e. The summed E-state index contributed by atoms with van der Waals surface area (Å²) >= 11 is 12.4. The normalized spacial score (nSPS) is 18.0. The number of amidine groups is 1. The summed E-state index contributed by atoms with van der Waals surface area (Å²) in [7, 11) is -3.95. The standard InChI is InChI=1S/C38H38Cl2N4O3S/c39-33-15-12-28(23-34(33)40)25-48(46,47)44-35-9-4-3-7-31(35)30-6-1-2-8-32(30)36(44)24-37(45)43-20-16-27(17-21-43)22-26-10-13-29(14-11-26)38-41-18-5-19-42-38/h1-4,6-15,23,27,36H,5,16-22,24-25H2,(H,41,42). The summed E-state index contributed by atoms with van der Waals surface area (Å²) in [6.45, 7) is 3.14. The van der Waals surface area contributed by atoms with Crippen LogP contribution < -0.4 is 9.62 Å². The Hall–Kier alpha value is -3.85. The fourth-order valence-corrected chi connectivity index (χ4v) is 9.30.